The summed E-state index contributed by atoms with van der Waals surface area (Å²) in [5.41, 5.74) is 3.28. The normalized spacial score (nSPS) is 18.4. The van der Waals surface area contributed by atoms with E-state index in [4.69, 9.17) is 9.47 Å². The molecule has 1 aromatic heterocycles. The second-order valence-corrected chi connectivity index (χ2v) is 14.1. The number of piperidine rings is 1. The summed E-state index contributed by atoms with van der Waals surface area (Å²) < 4.78 is 36.1. The Labute approximate surface area is 245 Å². The predicted molar refractivity (Wildman–Crippen MR) is 158 cm³/mol. The van der Waals surface area contributed by atoms with Crippen LogP contribution in [0.25, 0.3) is 0 Å². The highest BCUT2D eigenvalue weighted by Gasteiger charge is 2.44. The van der Waals surface area contributed by atoms with Gasteiger partial charge in [0.15, 0.2) is 9.84 Å². The van der Waals surface area contributed by atoms with Gasteiger partial charge in [-0.15, -0.1) is 11.3 Å². The van der Waals surface area contributed by atoms with Crippen molar-refractivity contribution in [2.45, 2.75) is 62.8 Å². The van der Waals surface area contributed by atoms with Crippen molar-refractivity contribution >= 4 is 27.1 Å². The predicted octanol–water partition coefficient (Wildman–Crippen LogP) is 4.80. The number of fused-ring (bicyclic) bond motifs is 2. The molecule has 2 aliphatic rings. The molecule has 3 aromatic rings. The van der Waals surface area contributed by atoms with Crippen molar-refractivity contribution in [3.8, 4) is 11.8 Å². The molecule has 5 rings (SSSR count). The molecule has 8 nitrogen and oxygen atoms in total. The molecule has 0 saturated carbocycles. The van der Waals surface area contributed by atoms with E-state index < -0.39 is 15.4 Å². The van der Waals surface area contributed by atoms with Crippen LogP contribution in [-0.2, 0) is 39.7 Å². The Hall–Kier alpha value is -3.23. The van der Waals surface area contributed by atoms with Gasteiger partial charge in [-0.3, -0.25) is 9.69 Å². The van der Waals surface area contributed by atoms with Crippen LogP contribution in [0, 0.1) is 11.3 Å². The first-order valence-electron chi connectivity index (χ1n) is 13.9. The Kier molecular flexibility index (Phi) is 8.52. The summed E-state index contributed by atoms with van der Waals surface area (Å²) in [6.07, 6.45) is 2.53. The van der Waals surface area contributed by atoms with E-state index in [0.717, 1.165) is 54.9 Å². The minimum atomic E-state index is -3.25. The minimum absolute atomic E-state index is 0.0559. The zero-order chi connectivity index (χ0) is 29.2. The Balaban J connectivity index is 1.24. The first-order chi connectivity index (χ1) is 19.7. The second-order valence-electron chi connectivity index (χ2n) is 10.7. The van der Waals surface area contributed by atoms with Crippen molar-refractivity contribution in [2.75, 3.05) is 26.0 Å². The van der Waals surface area contributed by atoms with Crippen LogP contribution in [0.4, 0.5) is 0 Å². The monoisotopic (exact) mass is 593 g/mol. The zero-order valence-corrected chi connectivity index (χ0v) is 25.2. The number of thiophene rings is 1. The summed E-state index contributed by atoms with van der Waals surface area (Å²) >= 11 is 1.53. The highest BCUT2D eigenvalue weighted by molar-refractivity contribution is 7.91. The molecule has 0 aliphatic carbocycles. The molecule has 3 heterocycles. The smallest absolute Gasteiger partial charge is 0.261 e. The number of carbonyl (C=O) groups excluding carboxylic acids is 1. The number of ether oxygens (including phenoxy) is 2. The number of benzene rings is 2. The molecule has 2 aromatic carbocycles. The Bertz CT molecular complexity index is 1570. The maximum absolute atomic E-state index is 13.1. The fraction of sp³-hybridized carbons (Fsp3) is 0.419. The number of rotatable bonds is 8. The lowest BCUT2D eigenvalue weighted by molar-refractivity contribution is -0.131. The number of carbonyl (C=O) groups is 1. The van der Waals surface area contributed by atoms with Crippen LogP contribution in [0.5, 0.6) is 5.75 Å². The van der Waals surface area contributed by atoms with Gasteiger partial charge >= 0.3 is 0 Å². The summed E-state index contributed by atoms with van der Waals surface area (Å²) in [6, 6.07) is 16.6. The lowest BCUT2D eigenvalue weighted by Crippen LogP contribution is -2.47. The molecule has 1 spiro atoms. The number of nitriles is 1. The molecule has 0 radical (unpaired) electrons. The number of amides is 1. The van der Waals surface area contributed by atoms with Gasteiger partial charge in [-0.25, -0.2) is 8.42 Å². The van der Waals surface area contributed by atoms with Crippen LogP contribution in [0.2, 0.25) is 0 Å². The molecule has 1 fully saturated rings. The van der Waals surface area contributed by atoms with Gasteiger partial charge in [0.1, 0.15) is 17.4 Å². The number of hydrogen-bond acceptors (Lipinski definition) is 8. The third-order valence-corrected chi connectivity index (χ3v) is 11.1. The molecule has 1 atom stereocenters. The van der Waals surface area contributed by atoms with Crippen molar-refractivity contribution in [1.29, 1.82) is 5.26 Å². The van der Waals surface area contributed by atoms with E-state index in [1.165, 1.54) is 16.9 Å². The van der Waals surface area contributed by atoms with E-state index in [9.17, 15) is 18.5 Å². The molecular formula is C31H35N3O5S2. The molecule has 10 heteroatoms. The molecular weight excluding hydrogens is 558 g/mol. The van der Waals surface area contributed by atoms with Gasteiger partial charge in [0.05, 0.1) is 34.3 Å². The van der Waals surface area contributed by atoms with Crippen molar-refractivity contribution in [3.63, 3.8) is 0 Å². The maximum atomic E-state index is 13.1. The lowest BCUT2D eigenvalue weighted by atomic mass is 9.84. The number of likely N-dealkylation sites (tertiary alicyclic amines) is 1. The molecule has 41 heavy (non-hydrogen) atoms. The fourth-order valence-corrected chi connectivity index (χ4v) is 7.90. The molecule has 1 N–H and O–H groups in total. The number of methoxy groups -OCH3 is 1. The van der Waals surface area contributed by atoms with Crippen molar-refractivity contribution < 1.29 is 22.7 Å². The summed E-state index contributed by atoms with van der Waals surface area (Å²) in [4.78, 5) is 17.7. The minimum Gasteiger partial charge on any atom is -0.495 e. The van der Waals surface area contributed by atoms with Crippen LogP contribution in [0.3, 0.4) is 0 Å². The maximum Gasteiger partial charge on any atom is 0.261 e. The second kappa shape index (κ2) is 11.9. The quantitative estimate of drug-likeness (QED) is 0.400. The lowest BCUT2D eigenvalue weighted by Gasteiger charge is -2.45. The molecule has 1 unspecified atom stereocenters. The van der Waals surface area contributed by atoms with Gasteiger partial charge in [-0.2, -0.15) is 5.26 Å². The third kappa shape index (κ3) is 6.19. The van der Waals surface area contributed by atoms with Crippen LogP contribution < -0.4 is 10.1 Å². The van der Waals surface area contributed by atoms with Crippen LogP contribution in [0.15, 0.2) is 53.4 Å². The number of hydrogen-bond donors (Lipinski definition) is 1. The fourth-order valence-electron chi connectivity index (χ4n) is 5.72. The van der Waals surface area contributed by atoms with Gasteiger partial charge < -0.3 is 14.8 Å². The van der Waals surface area contributed by atoms with E-state index in [-0.39, 0.29) is 17.8 Å². The molecule has 1 amide bonds. The number of nitrogens with zero attached hydrogens (tertiary/aromatic N) is 2. The van der Waals surface area contributed by atoms with E-state index in [1.54, 1.807) is 38.3 Å². The van der Waals surface area contributed by atoms with E-state index >= 15 is 0 Å². The van der Waals surface area contributed by atoms with Gasteiger partial charge in [0.2, 0.25) is 0 Å². The standard InChI is InChI=1S/C31H35N3O5S2/c1-4-41(36,37)26-9-6-22(7-10-26)19-33-30(35)28-17-25-15-21(2)39-31(29(25)40-28)11-13-34(14-12-31)20-23-5-8-24(18-32)27(16-23)38-3/h5-10,16-17,21H,4,11-15,19-20H2,1-3H3,(H,33,35). The zero-order valence-electron chi connectivity index (χ0n) is 23.6. The van der Waals surface area contributed by atoms with Gasteiger partial charge in [-0.05, 0) is 73.2 Å². The van der Waals surface area contributed by atoms with Gasteiger partial charge in [-0.1, -0.05) is 25.1 Å². The summed E-state index contributed by atoms with van der Waals surface area (Å²) in [5, 5.41) is 12.3. The highest BCUT2D eigenvalue weighted by atomic mass is 32.2. The van der Waals surface area contributed by atoms with E-state index in [0.29, 0.717) is 27.6 Å². The molecule has 2 aliphatic heterocycles. The van der Waals surface area contributed by atoms with E-state index in [2.05, 4.69) is 23.2 Å². The van der Waals surface area contributed by atoms with Crippen LogP contribution >= 0.6 is 11.3 Å². The average molecular weight is 594 g/mol. The number of nitrogens with one attached hydrogen (secondary N) is 1. The SMILES string of the molecule is CCS(=O)(=O)c1ccc(CNC(=O)c2cc3c(s2)C2(CCN(Cc4ccc(C#N)c(OC)c4)CC2)OC(C)C3)cc1. The highest BCUT2D eigenvalue weighted by Crippen LogP contribution is 2.47. The van der Waals surface area contributed by atoms with Crippen LogP contribution in [0.1, 0.15) is 63.5 Å². The summed E-state index contributed by atoms with van der Waals surface area (Å²) in [7, 11) is -1.67. The Morgan fingerprint density at radius 3 is 2.54 bits per heavy atom. The van der Waals surface area contributed by atoms with Crippen LogP contribution in [-0.4, -0.2) is 51.3 Å². The van der Waals surface area contributed by atoms with E-state index in [1.807, 2.05) is 24.3 Å². The third-order valence-electron chi connectivity index (χ3n) is 7.95. The molecule has 1 saturated heterocycles. The van der Waals surface area contributed by atoms with Crippen molar-refractivity contribution in [1.82, 2.24) is 10.2 Å². The van der Waals surface area contributed by atoms with Crippen molar-refractivity contribution in [2.24, 2.45) is 0 Å². The first kappa shape index (κ1) is 29.3. The van der Waals surface area contributed by atoms with Crippen molar-refractivity contribution in [3.05, 3.63) is 80.5 Å². The summed E-state index contributed by atoms with van der Waals surface area (Å²) in [6.45, 7) is 6.53. The van der Waals surface area contributed by atoms with Gasteiger partial charge in [0, 0.05) is 31.1 Å². The Morgan fingerprint density at radius 2 is 1.88 bits per heavy atom. The van der Waals surface area contributed by atoms with Gasteiger partial charge in [0.25, 0.3) is 5.91 Å². The number of sulfone groups is 1. The topological polar surface area (TPSA) is 109 Å². The molecule has 216 valence electrons. The molecule has 0 bridgehead atoms. The first-order valence-corrected chi connectivity index (χ1v) is 16.3. The summed E-state index contributed by atoms with van der Waals surface area (Å²) in [5.74, 6) is 0.517. The average Bonchev–Trinajstić information content (AvgIpc) is 3.42. The Morgan fingerprint density at radius 1 is 1.17 bits per heavy atom. The largest absolute Gasteiger partial charge is 0.495 e.